The van der Waals surface area contributed by atoms with E-state index in [9.17, 15) is 13.5 Å². The van der Waals surface area contributed by atoms with E-state index in [0.29, 0.717) is 12.2 Å². The summed E-state index contributed by atoms with van der Waals surface area (Å²) >= 11 is 0. The van der Waals surface area contributed by atoms with Crippen molar-refractivity contribution in [2.45, 2.75) is 32.7 Å². The Kier molecular flexibility index (Phi) is 3.49. The first kappa shape index (κ1) is 13.2. The average molecular weight is 270 g/mol. The highest BCUT2D eigenvalue weighted by Gasteiger charge is 2.31. The first-order valence-electron chi connectivity index (χ1n) is 6.03. The van der Waals surface area contributed by atoms with Crippen LogP contribution in [0.4, 0.5) is 5.69 Å². The van der Waals surface area contributed by atoms with E-state index in [0.717, 1.165) is 18.4 Å². The minimum atomic E-state index is -3.53. The number of anilines is 1. The molecule has 0 radical (unpaired) electrons. The molecule has 0 bridgehead atoms. The van der Waals surface area contributed by atoms with Crippen LogP contribution in [0.25, 0.3) is 0 Å². The van der Waals surface area contributed by atoms with Crippen LogP contribution in [0.2, 0.25) is 0 Å². The van der Waals surface area contributed by atoms with Crippen molar-refractivity contribution in [1.29, 1.82) is 0 Å². The lowest BCUT2D eigenvalue weighted by Gasteiger charge is -2.24. The molecule has 1 aromatic rings. The van der Waals surface area contributed by atoms with E-state index in [2.05, 4.69) is 4.72 Å². The molecular formula is C12H18N2O3S. The predicted molar refractivity (Wildman–Crippen MR) is 70.9 cm³/mol. The fraction of sp³-hybridized carbons (Fsp3) is 0.500. The Morgan fingerprint density at radius 2 is 2.11 bits per heavy atom. The third-order valence-corrected chi connectivity index (χ3v) is 4.60. The molecule has 18 heavy (non-hydrogen) atoms. The Bertz CT molecular complexity index is 538. The van der Waals surface area contributed by atoms with Gasteiger partial charge in [-0.15, -0.1) is 0 Å². The molecule has 0 heterocycles. The molecule has 0 aliphatic heterocycles. The van der Waals surface area contributed by atoms with Crippen molar-refractivity contribution in [3.05, 3.63) is 23.8 Å². The van der Waals surface area contributed by atoms with Gasteiger partial charge in [-0.05, 0) is 38.3 Å². The minimum Gasteiger partial charge on any atom is -0.508 e. The highest BCUT2D eigenvalue weighted by atomic mass is 32.2. The minimum absolute atomic E-state index is 0.0654. The van der Waals surface area contributed by atoms with Gasteiger partial charge in [0.25, 0.3) is 0 Å². The number of rotatable bonds is 5. The second kappa shape index (κ2) is 4.78. The summed E-state index contributed by atoms with van der Waals surface area (Å²) in [5.41, 5.74) is 1.33. The van der Waals surface area contributed by atoms with Crippen LogP contribution < -0.4 is 9.03 Å². The SMILES string of the molecule is CCN(c1cc(O)ccc1C)S(=O)(=O)NC1CC1. The molecule has 1 aromatic carbocycles. The number of phenolic OH excluding ortho intramolecular Hbond substituents is 1. The first-order chi connectivity index (χ1) is 8.44. The maximum Gasteiger partial charge on any atom is 0.301 e. The van der Waals surface area contributed by atoms with E-state index in [4.69, 9.17) is 0 Å². The lowest BCUT2D eigenvalue weighted by Crippen LogP contribution is -2.42. The molecule has 6 heteroatoms. The monoisotopic (exact) mass is 270 g/mol. The molecule has 1 aliphatic rings. The van der Waals surface area contributed by atoms with Crippen LogP contribution in [-0.4, -0.2) is 26.1 Å². The zero-order valence-electron chi connectivity index (χ0n) is 10.5. The Balaban J connectivity index is 2.34. The standard InChI is InChI=1S/C12H18N2O3S/c1-3-14(18(16,17)13-10-5-6-10)12-8-11(15)7-4-9(12)2/h4,7-8,10,13,15H,3,5-6H2,1-2H3. The fourth-order valence-electron chi connectivity index (χ4n) is 1.81. The summed E-state index contributed by atoms with van der Waals surface area (Å²) in [7, 11) is -3.53. The van der Waals surface area contributed by atoms with Crippen LogP contribution in [0.5, 0.6) is 5.75 Å². The van der Waals surface area contributed by atoms with Gasteiger partial charge in [0.05, 0.1) is 5.69 Å². The van der Waals surface area contributed by atoms with Crippen LogP contribution in [0.15, 0.2) is 18.2 Å². The molecule has 2 N–H and O–H groups in total. The van der Waals surface area contributed by atoms with E-state index in [1.165, 1.54) is 10.4 Å². The van der Waals surface area contributed by atoms with Gasteiger partial charge in [-0.2, -0.15) is 13.1 Å². The van der Waals surface area contributed by atoms with Crippen molar-refractivity contribution < 1.29 is 13.5 Å². The summed E-state index contributed by atoms with van der Waals surface area (Å²) < 4.78 is 28.4. The van der Waals surface area contributed by atoms with Gasteiger partial charge in [-0.25, -0.2) is 0 Å². The van der Waals surface area contributed by atoms with Crippen molar-refractivity contribution in [2.24, 2.45) is 0 Å². The summed E-state index contributed by atoms with van der Waals surface area (Å²) in [5.74, 6) is 0.0654. The van der Waals surface area contributed by atoms with E-state index in [-0.39, 0.29) is 11.8 Å². The highest BCUT2D eigenvalue weighted by molar-refractivity contribution is 7.90. The van der Waals surface area contributed by atoms with Gasteiger partial charge in [0.15, 0.2) is 0 Å². The lowest BCUT2D eigenvalue weighted by atomic mass is 10.2. The lowest BCUT2D eigenvalue weighted by molar-refractivity contribution is 0.475. The van der Waals surface area contributed by atoms with Crippen LogP contribution in [0.3, 0.4) is 0 Å². The summed E-state index contributed by atoms with van der Waals surface area (Å²) in [6.07, 6.45) is 1.80. The number of aryl methyl sites for hydroxylation is 1. The molecule has 0 saturated heterocycles. The highest BCUT2D eigenvalue weighted by Crippen LogP contribution is 2.28. The maximum atomic E-state index is 12.2. The third kappa shape index (κ3) is 2.76. The summed E-state index contributed by atoms with van der Waals surface area (Å²) in [5, 5.41) is 9.50. The number of nitrogens with one attached hydrogen (secondary N) is 1. The van der Waals surface area contributed by atoms with E-state index < -0.39 is 10.2 Å². The second-order valence-corrected chi connectivity index (χ2v) is 6.16. The van der Waals surface area contributed by atoms with Crippen molar-refractivity contribution in [1.82, 2.24) is 4.72 Å². The number of hydrogen-bond acceptors (Lipinski definition) is 3. The largest absolute Gasteiger partial charge is 0.508 e. The second-order valence-electron chi connectivity index (χ2n) is 4.53. The number of phenols is 1. The molecule has 5 nitrogen and oxygen atoms in total. The molecule has 1 fully saturated rings. The summed E-state index contributed by atoms with van der Waals surface area (Å²) in [6, 6.07) is 4.81. The summed E-state index contributed by atoms with van der Waals surface area (Å²) in [6.45, 7) is 3.92. The molecule has 0 unspecified atom stereocenters. The molecule has 100 valence electrons. The third-order valence-electron chi connectivity index (χ3n) is 2.93. The average Bonchev–Trinajstić information content (AvgIpc) is 3.07. The number of benzene rings is 1. The number of aromatic hydroxyl groups is 1. The van der Waals surface area contributed by atoms with E-state index >= 15 is 0 Å². The zero-order valence-corrected chi connectivity index (χ0v) is 11.4. The van der Waals surface area contributed by atoms with Gasteiger partial charge in [0, 0.05) is 18.7 Å². The molecule has 0 spiro atoms. The number of nitrogens with zero attached hydrogens (tertiary/aromatic N) is 1. The summed E-state index contributed by atoms with van der Waals surface area (Å²) in [4.78, 5) is 0. The topological polar surface area (TPSA) is 69.6 Å². The van der Waals surface area contributed by atoms with Crippen LogP contribution in [0.1, 0.15) is 25.3 Å². The molecule has 2 rings (SSSR count). The Morgan fingerprint density at radius 1 is 1.44 bits per heavy atom. The Hall–Kier alpha value is -1.27. The van der Waals surface area contributed by atoms with Crippen LogP contribution in [-0.2, 0) is 10.2 Å². The first-order valence-corrected chi connectivity index (χ1v) is 7.47. The zero-order chi connectivity index (χ0) is 13.3. The van der Waals surface area contributed by atoms with Gasteiger partial charge in [-0.1, -0.05) is 6.07 Å². The van der Waals surface area contributed by atoms with Crippen molar-refractivity contribution in [3.8, 4) is 5.75 Å². The smallest absolute Gasteiger partial charge is 0.301 e. The van der Waals surface area contributed by atoms with Gasteiger partial charge >= 0.3 is 10.2 Å². The van der Waals surface area contributed by atoms with E-state index in [1.807, 2.05) is 6.92 Å². The van der Waals surface area contributed by atoms with Crippen molar-refractivity contribution in [3.63, 3.8) is 0 Å². The van der Waals surface area contributed by atoms with Crippen molar-refractivity contribution >= 4 is 15.9 Å². The fourth-order valence-corrected chi connectivity index (χ4v) is 3.39. The Morgan fingerprint density at radius 3 is 2.67 bits per heavy atom. The molecule has 0 amide bonds. The predicted octanol–water partition coefficient (Wildman–Crippen LogP) is 1.52. The normalized spacial score (nSPS) is 15.7. The Labute approximate surface area is 108 Å². The van der Waals surface area contributed by atoms with E-state index in [1.54, 1.807) is 19.1 Å². The number of hydrogen-bond donors (Lipinski definition) is 2. The van der Waals surface area contributed by atoms with Crippen LogP contribution in [0, 0.1) is 6.92 Å². The van der Waals surface area contributed by atoms with Gasteiger partial charge in [0.2, 0.25) is 0 Å². The molecular weight excluding hydrogens is 252 g/mol. The molecule has 0 atom stereocenters. The van der Waals surface area contributed by atoms with Gasteiger partial charge in [0.1, 0.15) is 5.75 Å². The van der Waals surface area contributed by atoms with Crippen molar-refractivity contribution in [2.75, 3.05) is 10.8 Å². The van der Waals surface area contributed by atoms with Gasteiger partial charge in [-0.3, -0.25) is 4.31 Å². The molecule has 1 saturated carbocycles. The van der Waals surface area contributed by atoms with Gasteiger partial charge < -0.3 is 5.11 Å². The maximum absolute atomic E-state index is 12.2. The molecule has 0 aromatic heterocycles. The molecule has 1 aliphatic carbocycles. The quantitative estimate of drug-likeness (QED) is 0.852. The van der Waals surface area contributed by atoms with Crippen LogP contribution >= 0.6 is 0 Å².